The molecule has 0 aromatic rings. The smallest absolute Gasteiger partial charge is 0.218 e. The van der Waals surface area contributed by atoms with Crippen LogP contribution in [0.15, 0.2) is 0 Å². The third kappa shape index (κ3) is 3.39. The molecule has 1 aliphatic rings. The van der Waals surface area contributed by atoms with E-state index in [1.165, 1.54) is 14.2 Å². The highest BCUT2D eigenvalue weighted by atomic mass is 16.7. The molecule has 2 unspecified atom stereocenters. The minimum Gasteiger partial charge on any atom is -0.349 e. The molecule has 4 heteroatoms. The lowest BCUT2D eigenvalue weighted by Crippen LogP contribution is -2.41. The van der Waals surface area contributed by atoms with Crippen LogP contribution in [0.1, 0.15) is 40.0 Å². The molecule has 0 aromatic carbocycles. The fourth-order valence-electron chi connectivity index (χ4n) is 2.58. The van der Waals surface area contributed by atoms with Gasteiger partial charge in [-0.2, -0.15) is 0 Å². The molecule has 0 aromatic heterocycles. The first kappa shape index (κ1) is 15.3. The average molecular weight is 256 g/mol. The maximum Gasteiger partial charge on any atom is 0.218 e. The number of rotatable bonds is 4. The Morgan fingerprint density at radius 2 is 1.83 bits per heavy atom. The summed E-state index contributed by atoms with van der Waals surface area (Å²) in [6.07, 6.45) is 1.05. The molecular formula is C14H24O4. The van der Waals surface area contributed by atoms with Crippen LogP contribution in [0, 0.1) is 17.3 Å². The summed E-state index contributed by atoms with van der Waals surface area (Å²) in [5, 5.41) is 0. The Kier molecular flexibility index (Phi) is 5.05. The largest absolute Gasteiger partial charge is 0.349 e. The van der Waals surface area contributed by atoms with Gasteiger partial charge in [-0.15, -0.1) is 0 Å². The lowest BCUT2D eigenvalue weighted by atomic mass is 9.68. The van der Waals surface area contributed by atoms with Gasteiger partial charge in [0.1, 0.15) is 5.78 Å². The summed E-state index contributed by atoms with van der Waals surface area (Å²) in [4.78, 5) is 24.1. The van der Waals surface area contributed by atoms with Gasteiger partial charge in [-0.25, -0.2) is 0 Å². The summed E-state index contributed by atoms with van der Waals surface area (Å²) < 4.78 is 9.92. The zero-order valence-electron chi connectivity index (χ0n) is 12.0. The van der Waals surface area contributed by atoms with E-state index in [2.05, 4.69) is 20.8 Å². The van der Waals surface area contributed by atoms with Crippen molar-refractivity contribution in [1.29, 1.82) is 0 Å². The second-order valence-corrected chi connectivity index (χ2v) is 6.06. The highest BCUT2D eigenvalue weighted by Crippen LogP contribution is 2.39. The number of methoxy groups -OCH3 is 2. The summed E-state index contributed by atoms with van der Waals surface area (Å²) in [7, 11) is 2.83. The van der Waals surface area contributed by atoms with Crippen LogP contribution < -0.4 is 0 Å². The van der Waals surface area contributed by atoms with E-state index < -0.39 is 12.2 Å². The SMILES string of the molecule is COC(OC)C(=O)C1CC(C(C)(C)C)CCC1=O. The third-order valence-corrected chi connectivity index (χ3v) is 3.88. The molecule has 0 radical (unpaired) electrons. The maximum absolute atomic E-state index is 12.2. The summed E-state index contributed by atoms with van der Waals surface area (Å²) in [5.41, 5.74) is 0.120. The van der Waals surface area contributed by atoms with Gasteiger partial charge in [0.15, 0.2) is 5.78 Å². The molecule has 0 saturated heterocycles. The quantitative estimate of drug-likeness (QED) is 0.571. The van der Waals surface area contributed by atoms with Crippen molar-refractivity contribution in [2.24, 2.45) is 17.3 Å². The maximum atomic E-state index is 12.2. The number of carbonyl (C=O) groups is 2. The monoisotopic (exact) mass is 256 g/mol. The van der Waals surface area contributed by atoms with Crippen LogP contribution in [0.4, 0.5) is 0 Å². The van der Waals surface area contributed by atoms with Crippen molar-refractivity contribution in [3.05, 3.63) is 0 Å². The summed E-state index contributed by atoms with van der Waals surface area (Å²) in [6, 6.07) is 0. The van der Waals surface area contributed by atoms with E-state index in [0.717, 1.165) is 6.42 Å². The van der Waals surface area contributed by atoms with Crippen molar-refractivity contribution >= 4 is 11.6 Å². The fraction of sp³-hybridized carbons (Fsp3) is 0.857. The number of carbonyl (C=O) groups excluding carboxylic acids is 2. The second-order valence-electron chi connectivity index (χ2n) is 6.06. The highest BCUT2D eigenvalue weighted by molar-refractivity contribution is 6.04. The van der Waals surface area contributed by atoms with Crippen LogP contribution in [0.2, 0.25) is 0 Å². The number of Topliss-reactive ketones (excluding diaryl/α,β-unsaturated/α-hetero) is 2. The normalized spacial score (nSPS) is 25.6. The van der Waals surface area contributed by atoms with E-state index in [1.807, 2.05) is 0 Å². The second kappa shape index (κ2) is 5.93. The van der Waals surface area contributed by atoms with Crippen molar-refractivity contribution in [2.45, 2.75) is 46.3 Å². The van der Waals surface area contributed by atoms with Gasteiger partial charge in [-0.1, -0.05) is 20.8 Å². The minimum atomic E-state index is -0.919. The molecule has 0 N–H and O–H groups in total. The molecule has 104 valence electrons. The number of ether oxygens (including phenoxy) is 2. The van der Waals surface area contributed by atoms with Crippen LogP contribution in [0.5, 0.6) is 0 Å². The molecule has 4 nitrogen and oxygen atoms in total. The Morgan fingerprint density at radius 3 is 2.28 bits per heavy atom. The van der Waals surface area contributed by atoms with Crippen LogP contribution >= 0.6 is 0 Å². The minimum absolute atomic E-state index is 0.0274. The van der Waals surface area contributed by atoms with E-state index in [4.69, 9.17) is 9.47 Å². The van der Waals surface area contributed by atoms with Crippen molar-refractivity contribution in [2.75, 3.05) is 14.2 Å². The van der Waals surface area contributed by atoms with Crippen LogP contribution in [-0.2, 0) is 19.1 Å². The molecule has 0 spiro atoms. The highest BCUT2D eigenvalue weighted by Gasteiger charge is 2.40. The molecular weight excluding hydrogens is 232 g/mol. The first-order chi connectivity index (χ1) is 8.31. The van der Waals surface area contributed by atoms with Gasteiger partial charge < -0.3 is 9.47 Å². The fourth-order valence-corrected chi connectivity index (χ4v) is 2.58. The Balaban J connectivity index is 2.79. The first-order valence-corrected chi connectivity index (χ1v) is 6.43. The van der Waals surface area contributed by atoms with E-state index in [-0.39, 0.29) is 17.0 Å². The number of ketones is 2. The third-order valence-electron chi connectivity index (χ3n) is 3.88. The van der Waals surface area contributed by atoms with Crippen molar-refractivity contribution in [3.8, 4) is 0 Å². The number of hydrogen-bond acceptors (Lipinski definition) is 4. The molecule has 0 amide bonds. The van der Waals surface area contributed by atoms with E-state index in [1.54, 1.807) is 0 Å². The molecule has 0 aliphatic heterocycles. The van der Waals surface area contributed by atoms with Gasteiger partial charge in [-0.3, -0.25) is 9.59 Å². The Hall–Kier alpha value is -0.740. The summed E-state index contributed by atoms with van der Waals surface area (Å²) in [6.45, 7) is 6.46. The average Bonchev–Trinajstić information content (AvgIpc) is 2.29. The zero-order chi connectivity index (χ0) is 13.9. The Labute approximate surface area is 109 Å². The van der Waals surface area contributed by atoms with Crippen LogP contribution in [-0.4, -0.2) is 32.1 Å². The molecule has 18 heavy (non-hydrogen) atoms. The zero-order valence-corrected chi connectivity index (χ0v) is 12.0. The molecule has 2 atom stereocenters. The summed E-state index contributed by atoms with van der Waals surface area (Å²) >= 11 is 0. The molecule has 1 rings (SSSR count). The lowest BCUT2D eigenvalue weighted by Gasteiger charge is -2.36. The molecule has 0 heterocycles. The Morgan fingerprint density at radius 1 is 1.28 bits per heavy atom. The van der Waals surface area contributed by atoms with Gasteiger partial charge in [0.05, 0.1) is 5.92 Å². The first-order valence-electron chi connectivity index (χ1n) is 6.43. The lowest BCUT2D eigenvalue weighted by molar-refractivity contribution is -0.164. The van der Waals surface area contributed by atoms with Gasteiger partial charge in [0, 0.05) is 20.6 Å². The van der Waals surface area contributed by atoms with Gasteiger partial charge >= 0.3 is 0 Å². The predicted octanol–water partition coefficient (Wildman–Crippen LogP) is 2.21. The van der Waals surface area contributed by atoms with E-state index in [0.29, 0.717) is 18.8 Å². The molecule has 1 fully saturated rings. The predicted molar refractivity (Wildman–Crippen MR) is 68.1 cm³/mol. The van der Waals surface area contributed by atoms with Crippen LogP contribution in [0.3, 0.4) is 0 Å². The van der Waals surface area contributed by atoms with Gasteiger partial charge in [0.25, 0.3) is 0 Å². The number of hydrogen-bond donors (Lipinski definition) is 0. The molecule has 1 saturated carbocycles. The standard InChI is InChI=1S/C14H24O4/c1-14(2,3)9-6-7-11(15)10(8-9)12(16)13(17-4)18-5/h9-10,13H,6-8H2,1-5H3. The topological polar surface area (TPSA) is 52.6 Å². The van der Waals surface area contributed by atoms with E-state index in [9.17, 15) is 9.59 Å². The molecule has 0 bridgehead atoms. The van der Waals surface area contributed by atoms with Crippen LogP contribution in [0.25, 0.3) is 0 Å². The van der Waals surface area contributed by atoms with Crippen molar-refractivity contribution in [1.82, 2.24) is 0 Å². The summed E-state index contributed by atoms with van der Waals surface area (Å²) in [5.74, 6) is -0.384. The van der Waals surface area contributed by atoms with Crippen molar-refractivity contribution in [3.63, 3.8) is 0 Å². The van der Waals surface area contributed by atoms with Crippen molar-refractivity contribution < 1.29 is 19.1 Å². The molecule has 1 aliphatic carbocycles. The van der Waals surface area contributed by atoms with Gasteiger partial charge in [0.2, 0.25) is 6.29 Å². The van der Waals surface area contributed by atoms with Gasteiger partial charge in [-0.05, 0) is 24.2 Å². The Bertz CT molecular complexity index is 312. The van der Waals surface area contributed by atoms with E-state index >= 15 is 0 Å².